The maximum atomic E-state index is 11.6. The summed E-state index contributed by atoms with van der Waals surface area (Å²) in [4.78, 5) is 65.5. The third-order valence-electron chi connectivity index (χ3n) is 10.6. The van der Waals surface area contributed by atoms with Crippen LogP contribution in [0, 0.1) is 17.8 Å². The van der Waals surface area contributed by atoms with Crippen LogP contribution in [0.15, 0.2) is 0 Å². The number of alkyl halides is 11. The lowest BCUT2D eigenvalue weighted by atomic mass is 10.0. The quantitative estimate of drug-likeness (QED) is 0.0802. The van der Waals surface area contributed by atoms with Gasteiger partial charge in [-0.15, -0.1) is 0 Å². The van der Waals surface area contributed by atoms with Gasteiger partial charge in [-0.2, -0.15) is 0 Å². The van der Waals surface area contributed by atoms with Gasteiger partial charge < -0.3 is 67.1 Å². The molecule has 0 amide bonds. The van der Waals surface area contributed by atoms with Crippen molar-refractivity contribution in [2.75, 3.05) is 46.2 Å². The molecule has 0 radical (unpaired) electrons. The second-order valence-corrected chi connectivity index (χ2v) is 25.5. The van der Waals surface area contributed by atoms with Crippen molar-refractivity contribution in [2.24, 2.45) is 17.8 Å². The Bertz CT molecular complexity index is 1720. The molecular formula is C44H67Cl11O19. The lowest BCUT2D eigenvalue weighted by Gasteiger charge is -2.29. The predicted molar refractivity (Wildman–Crippen MR) is 279 cm³/mol. The van der Waals surface area contributed by atoms with E-state index in [0.717, 1.165) is 12.7 Å². The van der Waals surface area contributed by atoms with Crippen molar-refractivity contribution in [3.8, 4) is 0 Å². The molecule has 5 heterocycles. The molecular weight excluding hydrogens is 1220 g/mol. The molecule has 19 nitrogen and oxygen atoms in total. The van der Waals surface area contributed by atoms with E-state index in [4.69, 9.17) is 171 Å². The van der Waals surface area contributed by atoms with Gasteiger partial charge in [-0.25, -0.2) is 24.0 Å². The Morgan fingerprint density at radius 2 is 1.00 bits per heavy atom. The molecule has 74 heavy (non-hydrogen) atoms. The number of carbonyl (C=O) groups is 6. The summed E-state index contributed by atoms with van der Waals surface area (Å²) >= 11 is 61.7. The van der Waals surface area contributed by atoms with Crippen LogP contribution in [-0.4, -0.2) is 168 Å². The van der Waals surface area contributed by atoms with Crippen molar-refractivity contribution in [1.29, 1.82) is 0 Å². The largest absolute Gasteiger partial charge is 0.464 e. The molecule has 0 aromatic rings. The highest BCUT2D eigenvalue weighted by Gasteiger charge is 2.55. The highest BCUT2D eigenvalue weighted by Crippen LogP contribution is 2.43. The van der Waals surface area contributed by atoms with Crippen molar-refractivity contribution in [3.05, 3.63) is 0 Å². The lowest BCUT2D eigenvalue weighted by molar-refractivity contribution is -0.161. The molecule has 0 saturated carbocycles. The zero-order valence-electron chi connectivity index (χ0n) is 42.9. The number of cyclic esters (lactones) is 2. The smallest absolute Gasteiger partial charge is 0.358 e. The summed E-state index contributed by atoms with van der Waals surface area (Å²) in [6.07, 6.45) is -2.07. The fourth-order valence-electron chi connectivity index (χ4n) is 6.16. The molecule has 0 spiro atoms. The summed E-state index contributed by atoms with van der Waals surface area (Å²) < 4.78 is 46.9. The number of rotatable bonds is 12. The number of esters is 5. The zero-order valence-corrected chi connectivity index (χ0v) is 51.2. The number of aldehydes is 1. The monoisotopic (exact) mass is 1280 g/mol. The van der Waals surface area contributed by atoms with Crippen molar-refractivity contribution in [2.45, 2.75) is 172 Å². The van der Waals surface area contributed by atoms with Crippen LogP contribution < -0.4 is 0 Å². The topological polar surface area (TPSA) is 244 Å². The molecule has 434 valence electrons. The number of hydrogen-bond donors (Lipinski definition) is 2. The molecule has 2 N–H and O–H groups in total. The SMILES string of the molecule is CC1(C)OC[C@H](C=O)O1.CCOC(=O)C(Cl)(Cl)Cl.CCOC(=O)C(Cl)(Cl)[C@H](C)[C@H]1COC(C)(C)O1.CCOC(=O)C(Cl)(Cl)[C@H](O)[C@H]1COC(C)(C)O1.CC[C@H]1OC(=O)C(Cl)(Cl)[C@@H]1C.C[C@@H]1[C@@H](CO)OC(=O)C1(Cl)Cl. The molecule has 5 fully saturated rings. The van der Waals surface area contributed by atoms with E-state index in [-0.39, 0.29) is 63.2 Å². The molecule has 9 atom stereocenters. The van der Waals surface area contributed by atoms with E-state index in [1.54, 1.807) is 76.2 Å². The molecule has 5 saturated heterocycles. The molecule has 5 aliphatic heterocycles. The Morgan fingerprint density at radius 1 is 0.635 bits per heavy atom. The summed E-state index contributed by atoms with van der Waals surface area (Å²) in [6, 6.07) is 0. The Hall–Kier alpha value is -0.110. The Morgan fingerprint density at radius 3 is 1.24 bits per heavy atom. The van der Waals surface area contributed by atoms with Crippen LogP contribution in [0.3, 0.4) is 0 Å². The van der Waals surface area contributed by atoms with Gasteiger partial charge in [0.2, 0.25) is 17.3 Å². The number of hydrogen-bond acceptors (Lipinski definition) is 19. The highest BCUT2D eigenvalue weighted by molar-refractivity contribution is 6.75. The van der Waals surface area contributed by atoms with E-state index in [0.29, 0.717) is 13.2 Å². The standard InChI is InChI=1S/C11H18Cl2O4.C10H16Cl2O5.C7H10Cl2O2.C6H8Cl2O3.C6H10O3.C4H5Cl3O2/c1-5-15-9(14)11(12,13)7(2)8-6-16-10(3,4)17-8;1-4-15-8(14)10(11,12)7(13)6-5-16-9(2,3)17-6;1-3-5-4(2)7(8,9)6(10)11-5;1-3-4(2-9)11-5(10)6(3,7)8;1-6(2)8-4-5(3-7)9-6;1-2-9-3(8)4(5,6)7/h7-8H,5-6H2,1-4H3;6-7,13H,4-5H2,1-3H3;4-5H,3H2,1-2H3;3-4,9H,2H2,1H3;3,5H,4H2,1-2H3;2H2,1H3/t7-,8-;6-,7-;4-,5-;3-,4-;5-;/m11110./s1. The van der Waals surface area contributed by atoms with Crippen LogP contribution in [0.25, 0.3) is 0 Å². The van der Waals surface area contributed by atoms with Crippen molar-refractivity contribution >= 4 is 164 Å². The third-order valence-corrected chi connectivity index (χ3v) is 14.8. The first-order chi connectivity index (χ1) is 33.5. The molecule has 5 rings (SSSR count). The van der Waals surface area contributed by atoms with Crippen LogP contribution in [0.1, 0.15) is 96.4 Å². The van der Waals surface area contributed by atoms with E-state index in [1.165, 1.54) is 0 Å². The molecule has 5 aliphatic rings. The first-order valence-corrected chi connectivity index (χ1v) is 26.9. The van der Waals surface area contributed by atoms with Crippen molar-refractivity contribution < 1.29 is 91.1 Å². The van der Waals surface area contributed by atoms with Gasteiger partial charge in [0.1, 0.15) is 30.5 Å². The molecule has 0 unspecified atom stereocenters. The van der Waals surface area contributed by atoms with Crippen molar-refractivity contribution in [1.82, 2.24) is 0 Å². The lowest BCUT2D eigenvalue weighted by Crippen LogP contribution is -2.48. The van der Waals surface area contributed by atoms with E-state index >= 15 is 0 Å². The second-order valence-electron chi connectivity index (χ2n) is 17.7. The molecule has 0 aliphatic carbocycles. The Kier molecular flexibility index (Phi) is 31.1. The van der Waals surface area contributed by atoms with Crippen LogP contribution in [0.5, 0.6) is 0 Å². The van der Waals surface area contributed by atoms with Gasteiger partial charge in [-0.3, -0.25) is 0 Å². The van der Waals surface area contributed by atoms with Gasteiger partial charge in [0, 0.05) is 17.8 Å². The number of carbonyl (C=O) groups excluding carboxylic acids is 6. The third kappa shape index (κ3) is 22.8. The normalized spacial score (nSPS) is 27.6. The van der Waals surface area contributed by atoms with Crippen LogP contribution >= 0.6 is 128 Å². The van der Waals surface area contributed by atoms with Crippen LogP contribution in [-0.2, 0) is 80.9 Å². The molecule has 0 bridgehead atoms. The maximum Gasteiger partial charge on any atom is 0.358 e. The summed E-state index contributed by atoms with van der Waals surface area (Å²) in [5.41, 5.74) is 0. The summed E-state index contributed by atoms with van der Waals surface area (Å²) in [6.45, 7) is 23.8. The molecule has 0 aromatic carbocycles. The fourth-order valence-corrected chi connectivity index (χ4v) is 7.85. The van der Waals surface area contributed by atoms with Gasteiger partial charge in [0.05, 0.1) is 52.4 Å². The van der Waals surface area contributed by atoms with Crippen LogP contribution in [0.2, 0.25) is 0 Å². The van der Waals surface area contributed by atoms with Crippen LogP contribution in [0.4, 0.5) is 0 Å². The van der Waals surface area contributed by atoms with Gasteiger partial charge >= 0.3 is 29.8 Å². The van der Waals surface area contributed by atoms with Crippen molar-refractivity contribution in [3.63, 3.8) is 0 Å². The molecule has 0 aromatic heterocycles. The molecule has 30 heteroatoms. The number of aliphatic hydroxyl groups is 2. The fraction of sp³-hybridized carbons (Fsp3) is 0.864. The Labute approximate surface area is 487 Å². The minimum atomic E-state index is -2.07. The van der Waals surface area contributed by atoms with E-state index < -0.39 is 92.6 Å². The Balaban J connectivity index is 0.000000881. The first-order valence-electron chi connectivity index (χ1n) is 22.7. The van der Waals surface area contributed by atoms with Gasteiger partial charge in [-0.05, 0) is 68.7 Å². The van der Waals surface area contributed by atoms with Gasteiger partial charge in [0.25, 0.3) is 3.79 Å². The average molecular weight is 1290 g/mol. The van der Waals surface area contributed by atoms with Gasteiger partial charge in [-0.1, -0.05) is 155 Å². The second kappa shape index (κ2) is 31.2. The zero-order chi connectivity index (χ0) is 58.2. The summed E-state index contributed by atoms with van der Waals surface area (Å²) in [5.74, 6) is -6.55. The van der Waals surface area contributed by atoms with E-state index in [2.05, 4.69) is 14.2 Å². The number of halogens is 11. The summed E-state index contributed by atoms with van der Waals surface area (Å²) in [5, 5.41) is 18.6. The minimum Gasteiger partial charge on any atom is -0.464 e. The average Bonchev–Trinajstić information content (AvgIpc) is 4.07. The van der Waals surface area contributed by atoms with Gasteiger partial charge in [0.15, 0.2) is 23.6 Å². The van der Waals surface area contributed by atoms with E-state index in [1.807, 2.05) is 13.8 Å². The number of ether oxygens (including phenoxy) is 11. The number of aliphatic hydroxyl groups excluding tert-OH is 2. The minimum absolute atomic E-state index is 0.106. The summed E-state index contributed by atoms with van der Waals surface area (Å²) in [7, 11) is 0. The predicted octanol–water partition coefficient (Wildman–Crippen LogP) is 8.85. The highest BCUT2D eigenvalue weighted by atomic mass is 35.6. The first kappa shape index (κ1) is 73.9. The maximum absolute atomic E-state index is 11.6. The van der Waals surface area contributed by atoms with E-state index in [9.17, 15) is 33.9 Å².